The van der Waals surface area contributed by atoms with Gasteiger partial charge in [0.1, 0.15) is 0 Å². The van der Waals surface area contributed by atoms with Crippen LogP contribution in [0.4, 0.5) is 5.69 Å². The summed E-state index contributed by atoms with van der Waals surface area (Å²) in [7, 11) is 4.06. The van der Waals surface area contributed by atoms with Crippen LogP contribution in [0.5, 0.6) is 0 Å². The highest BCUT2D eigenvalue weighted by molar-refractivity contribution is 5.64. The molecule has 27 heavy (non-hydrogen) atoms. The summed E-state index contributed by atoms with van der Waals surface area (Å²) in [6.07, 6.45) is 2.01. The lowest BCUT2D eigenvalue weighted by Crippen LogP contribution is -2.48. The molecule has 1 aliphatic heterocycles. The predicted molar refractivity (Wildman–Crippen MR) is 106 cm³/mol. The van der Waals surface area contributed by atoms with Crippen LogP contribution in [0.3, 0.4) is 0 Å². The number of non-ortho nitro benzene ring substituents is 1. The van der Waals surface area contributed by atoms with Crippen LogP contribution in [-0.4, -0.2) is 70.3 Å². The molecule has 1 aromatic heterocycles. The minimum absolute atomic E-state index is 0.0927. The van der Waals surface area contributed by atoms with Gasteiger partial charge in [0.2, 0.25) is 0 Å². The van der Waals surface area contributed by atoms with E-state index in [-0.39, 0.29) is 10.6 Å². The predicted octanol–water partition coefficient (Wildman–Crippen LogP) is 1.72. The Kier molecular flexibility index (Phi) is 6.20. The minimum Gasteiger partial charge on any atom is -0.309 e. The van der Waals surface area contributed by atoms with Gasteiger partial charge in [-0.15, -0.1) is 0 Å². The van der Waals surface area contributed by atoms with Gasteiger partial charge in [0.15, 0.2) is 0 Å². The van der Waals surface area contributed by atoms with E-state index in [4.69, 9.17) is 0 Å². The average molecular weight is 372 g/mol. The zero-order chi connectivity index (χ0) is 19.4. The molecule has 1 aliphatic rings. The first-order valence-corrected chi connectivity index (χ1v) is 9.34. The van der Waals surface area contributed by atoms with Gasteiger partial charge in [-0.3, -0.25) is 19.7 Å². The van der Waals surface area contributed by atoms with Gasteiger partial charge in [0.05, 0.1) is 10.6 Å². The Morgan fingerprint density at radius 2 is 1.85 bits per heavy atom. The molecule has 0 bridgehead atoms. The molecule has 1 N–H and O–H groups in total. The molecule has 1 fully saturated rings. The van der Waals surface area contributed by atoms with Crippen LogP contribution in [0.15, 0.2) is 30.5 Å². The molecule has 1 atom stereocenters. The monoisotopic (exact) mass is 372 g/mol. The summed E-state index contributed by atoms with van der Waals surface area (Å²) in [4.78, 5) is 15.3. The topological polar surface area (TPSA) is 79.5 Å². The Hall–Kier alpha value is -2.29. The van der Waals surface area contributed by atoms with Crippen molar-refractivity contribution < 1.29 is 4.92 Å². The normalized spacial score (nSPS) is 17.1. The fraction of sp³-hybridized carbons (Fsp3) is 0.526. The Bertz CT molecular complexity index is 765. The zero-order valence-corrected chi connectivity index (χ0v) is 16.3. The number of aromatic nitrogens is 2. The highest BCUT2D eigenvalue weighted by Crippen LogP contribution is 2.24. The second-order valence-electron chi connectivity index (χ2n) is 7.37. The van der Waals surface area contributed by atoms with Gasteiger partial charge in [0.25, 0.3) is 5.69 Å². The van der Waals surface area contributed by atoms with Crippen molar-refractivity contribution in [3.8, 4) is 11.3 Å². The Morgan fingerprint density at radius 3 is 2.48 bits per heavy atom. The minimum atomic E-state index is -0.384. The molecule has 2 heterocycles. The summed E-state index contributed by atoms with van der Waals surface area (Å²) in [5.74, 6) is 0. The summed E-state index contributed by atoms with van der Waals surface area (Å²) in [6, 6.07) is 6.95. The van der Waals surface area contributed by atoms with Crippen molar-refractivity contribution in [2.75, 3.05) is 39.8 Å². The highest BCUT2D eigenvalue weighted by Gasteiger charge is 2.17. The van der Waals surface area contributed by atoms with Crippen molar-refractivity contribution in [3.05, 3.63) is 46.1 Å². The summed E-state index contributed by atoms with van der Waals surface area (Å²) in [5, 5.41) is 19.0. The zero-order valence-electron chi connectivity index (χ0n) is 16.3. The maximum absolute atomic E-state index is 10.8. The quantitative estimate of drug-likeness (QED) is 0.589. The lowest BCUT2D eigenvalue weighted by molar-refractivity contribution is -0.384. The van der Waals surface area contributed by atoms with Crippen molar-refractivity contribution in [3.63, 3.8) is 0 Å². The smallest absolute Gasteiger partial charge is 0.269 e. The van der Waals surface area contributed by atoms with E-state index in [1.165, 1.54) is 12.1 Å². The second kappa shape index (κ2) is 8.60. The fourth-order valence-corrected chi connectivity index (χ4v) is 3.42. The molecule has 0 saturated carbocycles. The molecular formula is C19H28N6O2. The Morgan fingerprint density at radius 1 is 1.19 bits per heavy atom. The van der Waals surface area contributed by atoms with Crippen LogP contribution in [0.25, 0.3) is 11.3 Å². The van der Waals surface area contributed by atoms with Crippen LogP contribution < -0.4 is 5.32 Å². The number of nitrogens with one attached hydrogen (secondary N) is 1. The molecule has 0 amide bonds. The first-order valence-electron chi connectivity index (χ1n) is 9.34. The average Bonchev–Trinajstić information content (AvgIpc) is 3.03. The fourth-order valence-electron chi connectivity index (χ4n) is 3.42. The number of nitro groups is 1. The molecule has 0 spiro atoms. The number of hydrogen-bond acceptors (Lipinski definition) is 6. The summed E-state index contributed by atoms with van der Waals surface area (Å²) < 4.78 is 1.79. The van der Waals surface area contributed by atoms with Crippen LogP contribution >= 0.6 is 0 Å². The largest absolute Gasteiger partial charge is 0.309 e. The number of piperazine rings is 1. The first kappa shape index (κ1) is 19.5. The number of likely N-dealkylation sites (N-methyl/N-ethyl adjacent to an activating group) is 1. The number of rotatable bonds is 7. The molecule has 8 heteroatoms. The third-order valence-electron chi connectivity index (χ3n) is 5.03. The number of aryl methyl sites for hydroxylation is 1. The van der Waals surface area contributed by atoms with E-state index in [1.807, 2.05) is 13.2 Å². The van der Waals surface area contributed by atoms with Crippen molar-refractivity contribution in [2.24, 2.45) is 7.05 Å². The third-order valence-corrected chi connectivity index (χ3v) is 5.03. The first-order chi connectivity index (χ1) is 12.9. The highest BCUT2D eigenvalue weighted by atomic mass is 16.6. The van der Waals surface area contributed by atoms with Crippen molar-refractivity contribution >= 4 is 5.69 Å². The molecule has 2 aromatic rings. The standard InChI is InChI=1S/C19H28N6O2/c1-15(13-24-10-8-22(2)9-11-24)20-12-17-14-23(3)21-19(17)16-4-6-18(7-5-16)25(26)27/h4-7,14-15,20H,8-13H2,1-3H3. The van der Waals surface area contributed by atoms with E-state index in [0.717, 1.165) is 56.1 Å². The van der Waals surface area contributed by atoms with Gasteiger partial charge >= 0.3 is 0 Å². The van der Waals surface area contributed by atoms with E-state index < -0.39 is 0 Å². The maximum Gasteiger partial charge on any atom is 0.269 e. The van der Waals surface area contributed by atoms with Crippen molar-refractivity contribution in [2.45, 2.75) is 19.5 Å². The summed E-state index contributed by atoms with van der Waals surface area (Å²) in [5.41, 5.74) is 2.95. The van der Waals surface area contributed by atoms with Crippen LogP contribution in [-0.2, 0) is 13.6 Å². The molecular weight excluding hydrogens is 344 g/mol. The summed E-state index contributed by atoms with van der Waals surface area (Å²) >= 11 is 0. The van der Waals surface area contributed by atoms with Gasteiger partial charge in [0, 0.05) is 81.8 Å². The van der Waals surface area contributed by atoms with Gasteiger partial charge < -0.3 is 10.2 Å². The van der Waals surface area contributed by atoms with Gasteiger partial charge in [-0.25, -0.2) is 0 Å². The van der Waals surface area contributed by atoms with Crippen molar-refractivity contribution in [1.82, 2.24) is 24.9 Å². The molecule has 146 valence electrons. The number of nitro benzene ring substituents is 1. The lowest BCUT2D eigenvalue weighted by atomic mass is 10.1. The molecule has 0 aliphatic carbocycles. The Balaban J connectivity index is 1.61. The molecule has 1 unspecified atom stereocenters. The number of hydrogen-bond donors (Lipinski definition) is 1. The Labute approximate surface area is 159 Å². The second-order valence-corrected chi connectivity index (χ2v) is 7.37. The molecule has 3 rings (SSSR count). The van der Waals surface area contributed by atoms with Gasteiger partial charge in [-0.1, -0.05) is 0 Å². The van der Waals surface area contributed by atoms with Crippen LogP contribution in [0.2, 0.25) is 0 Å². The third kappa shape index (κ3) is 5.12. The van der Waals surface area contributed by atoms with Gasteiger partial charge in [-0.05, 0) is 26.1 Å². The number of benzene rings is 1. The van der Waals surface area contributed by atoms with E-state index in [9.17, 15) is 10.1 Å². The van der Waals surface area contributed by atoms with Crippen LogP contribution in [0, 0.1) is 10.1 Å². The lowest BCUT2D eigenvalue weighted by Gasteiger charge is -2.34. The van der Waals surface area contributed by atoms with E-state index in [1.54, 1.807) is 16.8 Å². The SMILES string of the molecule is CC(CN1CCN(C)CC1)NCc1cn(C)nc1-c1ccc([N+](=O)[O-])cc1. The number of nitrogens with zero attached hydrogens (tertiary/aromatic N) is 5. The molecule has 0 radical (unpaired) electrons. The van der Waals surface area contributed by atoms with E-state index in [2.05, 4.69) is 34.2 Å². The summed E-state index contributed by atoms with van der Waals surface area (Å²) in [6.45, 7) is 8.43. The molecule has 1 saturated heterocycles. The molecule has 8 nitrogen and oxygen atoms in total. The van der Waals surface area contributed by atoms with Gasteiger partial charge in [-0.2, -0.15) is 5.10 Å². The van der Waals surface area contributed by atoms with E-state index >= 15 is 0 Å². The van der Waals surface area contributed by atoms with Crippen LogP contribution in [0.1, 0.15) is 12.5 Å². The van der Waals surface area contributed by atoms with E-state index in [0.29, 0.717) is 6.04 Å². The molecule has 1 aromatic carbocycles. The maximum atomic E-state index is 10.8. The van der Waals surface area contributed by atoms with Crippen molar-refractivity contribution in [1.29, 1.82) is 0 Å².